The Kier molecular flexibility index (Phi) is 7.21. The van der Waals surface area contributed by atoms with Gasteiger partial charge in [0.05, 0.1) is 16.1 Å². The van der Waals surface area contributed by atoms with Gasteiger partial charge in [-0.05, 0) is 48.5 Å². The van der Waals surface area contributed by atoms with Gasteiger partial charge in [0.15, 0.2) is 5.76 Å². The molecular formula is C22H25N3O3S. The first kappa shape index (κ1) is 20.8. The number of furan rings is 1. The molecule has 0 atom stereocenters. The first-order chi connectivity index (χ1) is 14.1. The van der Waals surface area contributed by atoms with Gasteiger partial charge in [-0.2, -0.15) is 0 Å². The van der Waals surface area contributed by atoms with Gasteiger partial charge in [-0.25, -0.2) is 0 Å². The van der Waals surface area contributed by atoms with Gasteiger partial charge < -0.3 is 15.1 Å². The van der Waals surface area contributed by atoms with Gasteiger partial charge >= 0.3 is 0 Å². The van der Waals surface area contributed by atoms with Crippen LogP contribution in [0, 0.1) is 0 Å². The topological polar surface area (TPSA) is 74.6 Å². The number of benzene rings is 1. The van der Waals surface area contributed by atoms with Gasteiger partial charge in [0, 0.05) is 13.1 Å². The fraction of sp³-hybridized carbons (Fsp3) is 0.273. The predicted molar refractivity (Wildman–Crippen MR) is 115 cm³/mol. The maximum Gasteiger partial charge on any atom is 0.291 e. The summed E-state index contributed by atoms with van der Waals surface area (Å²) in [5.74, 6) is -0.269. The summed E-state index contributed by atoms with van der Waals surface area (Å²) in [6, 6.07) is 14.8. The van der Waals surface area contributed by atoms with Gasteiger partial charge in [-0.1, -0.05) is 38.1 Å². The monoisotopic (exact) mass is 411 g/mol. The molecule has 3 aromatic rings. The highest BCUT2D eigenvalue weighted by Crippen LogP contribution is 2.23. The van der Waals surface area contributed by atoms with E-state index in [-0.39, 0.29) is 17.6 Å². The van der Waals surface area contributed by atoms with Gasteiger partial charge in [0.25, 0.3) is 11.8 Å². The molecule has 0 unspecified atom stereocenters. The van der Waals surface area contributed by atoms with Crippen molar-refractivity contribution in [3.8, 4) is 0 Å². The summed E-state index contributed by atoms with van der Waals surface area (Å²) in [5.41, 5.74) is 2.32. The van der Waals surface area contributed by atoms with E-state index in [1.165, 1.54) is 23.2 Å². The summed E-state index contributed by atoms with van der Waals surface area (Å²) >= 11 is 1.23. The van der Waals surface area contributed by atoms with Crippen molar-refractivity contribution in [1.29, 1.82) is 0 Å². The summed E-state index contributed by atoms with van der Waals surface area (Å²) in [6.45, 7) is 7.58. The van der Waals surface area contributed by atoms with Gasteiger partial charge in [-0.3, -0.25) is 14.5 Å². The lowest BCUT2D eigenvalue weighted by molar-refractivity contribution is 0.0953. The van der Waals surface area contributed by atoms with E-state index >= 15 is 0 Å². The summed E-state index contributed by atoms with van der Waals surface area (Å²) in [4.78, 5) is 27.5. The number of carbonyl (C=O) groups is 2. The minimum atomic E-state index is -0.339. The molecule has 0 saturated heterocycles. The van der Waals surface area contributed by atoms with Crippen LogP contribution < -0.4 is 10.6 Å². The number of nitrogens with zero attached hydrogens (tertiary/aromatic N) is 1. The molecule has 0 bridgehead atoms. The maximum atomic E-state index is 12.5. The second kappa shape index (κ2) is 10.0. The average molecular weight is 412 g/mol. The number of hydrogen-bond donors (Lipinski definition) is 2. The van der Waals surface area contributed by atoms with Crippen molar-refractivity contribution in [2.75, 3.05) is 18.4 Å². The Morgan fingerprint density at radius 1 is 0.966 bits per heavy atom. The van der Waals surface area contributed by atoms with Crippen LogP contribution in [0.5, 0.6) is 0 Å². The molecule has 152 valence electrons. The van der Waals surface area contributed by atoms with E-state index in [1.54, 1.807) is 24.3 Å². The largest absolute Gasteiger partial charge is 0.459 e. The van der Waals surface area contributed by atoms with E-state index < -0.39 is 0 Å². The van der Waals surface area contributed by atoms with Gasteiger partial charge in [0.1, 0.15) is 0 Å². The number of rotatable bonds is 9. The smallest absolute Gasteiger partial charge is 0.291 e. The lowest BCUT2D eigenvalue weighted by Crippen LogP contribution is -2.25. The summed E-state index contributed by atoms with van der Waals surface area (Å²) in [6.07, 6.45) is 1.44. The van der Waals surface area contributed by atoms with Crippen LogP contribution in [0.25, 0.3) is 0 Å². The fourth-order valence-corrected chi connectivity index (χ4v) is 3.76. The van der Waals surface area contributed by atoms with E-state index in [9.17, 15) is 9.59 Å². The Morgan fingerprint density at radius 2 is 1.72 bits per heavy atom. The predicted octanol–water partition coefficient (Wildman–Crippen LogP) is 4.37. The van der Waals surface area contributed by atoms with E-state index in [0.717, 1.165) is 25.2 Å². The van der Waals surface area contributed by atoms with Crippen molar-refractivity contribution < 1.29 is 14.0 Å². The van der Waals surface area contributed by atoms with Gasteiger partial charge in [0.2, 0.25) is 0 Å². The van der Waals surface area contributed by atoms with Crippen LogP contribution in [0.3, 0.4) is 0 Å². The molecule has 0 aliphatic heterocycles. The Morgan fingerprint density at radius 3 is 2.41 bits per heavy atom. The van der Waals surface area contributed by atoms with E-state index in [4.69, 9.17) is 4.42 Å². The molecule has 0 saturated carbocycles. The summed E-state index contributed by atoms with van der Waals surface area (Å²) in [5, 5.41) is 6.31. The third kappa shape index (κ3) is 5.56. The zero-order valence-corrected chi connectivity index (χ0v) is 17.4. The van der Waals surface area contributed by atoms with E-state index in [0.29, 0.717) is 16.4 Å². The normalized spacial score (nSPS) is 10.9. The van der Waals surface area contributed by atoms with Crippen LogP contribution in [0.2, 0.25) is 0 Å². The molecule has 0 spiro atoms. The first-order valence-electron chi connectivity index (χ1n) is 9.62. The van der Waals surface area contributed by atoms with Crippen LogP contribution in [0.1, 0.15) is 45.2 Å². The molecule has 0 radical (unpaired) electrons. The molecule has 0 aliphatic carbocycles. The number of amides is 2. The van der Waals surface area contributed by atoms with Crippen molar-refractivity contribution >= 4 is 28.2 Å². The summed E-state index contributed by atoms with van der Waals surface area (Å²) < 4.78 is 5.07. The minimum Gasteiger partial charge on any atom is -0.459 e. The van der Waals surface area contributed by atoms with Crippen LogP contribution in [0.15, 0.2) is 59.2 Å². The van der Waals surface area contributed by atoms with E-state index in [2.05, 4.69) is 35.4 Å². The standard InChI is InChI=1S/C22H25N3O3S/c1-3-25(4-2)15-17-9-6-5-8-16(17)14-23-22(27)19-11-12-20(29-19)24-21(26)18-10-7-13-28-18/h5-13H,3-4,14-15H2,1-2H3,(H,23,27)(H,24,26). The number of hydrogen-bond acceptors (Lipinski definition) is 5. The number of carbonyl (C=O) groups excluding carboxylic acids is 2. The van der Waals surface area contributed by atoms with Crippen LogP contribution in [-0.2, 0) is 13.1 Å². The Bertz CT molecular complexity index is 946. The highest BCUT2D eigenvalue weighted by atomic mass is 32.1. The number of nitrogens with one attached hydrogen (secondary N) is 2. The molecule has 2 amide bonds. The second-order valence-electron chi connectivity index (χ2n) is 6.51. The molecular weight excluding hydrogens is 386 g/mol. The lowest BCUT2D eigenvalue weighted by atomic mass is 10.1. The second-order valence-corrected chi connectivity index (χ2v) is 7.59. The van der Waals surface area contributed by atoms with Gasteiger partial charge in [-0.15, -0.1) is 11.3 Å². The molecule has 6 nitrogen and oxygen atoms in total. The number of thiophene rings is 1. The molecule has 1 aromatic carbocycles. The maximum absolute atomic E-state index is 12.5. The van der Waals surface area contributed by atoms with Crippen molar-refractivity contribution in [2.24, 2.45) is 0 Å². The quantitative estimate of drug-likeness (QED) is 0.548. The minimum absolute atomic E-state index is 0.161. The van der Waals surface area contributed by atoms with Crippen molar-refractivity contribution in [1.82, 2.24) is 10.2 Å². The molecule has 0 fully saturated rings. The highest BCUT2D eigenvalue weighted by molar-refractivity contribution is 7.18. The van der Waals surface area contributed by atoms with Crippen LogP contribution in [0.4, 0.5) is 5.00 Å². The highest BCUT2D eigenvalue weighted by Gasteiger charge is 2.14. The zero-order chi connectivity index (χ0) is 20.6. The number of anilines is 1. The zero-order valence-electron chi connectivity index (χ0n) is 16.6. The molecule has 7 heteroatoms. The molecule has 0 aliphatic rings. The third-order valence-corrected chi connectivity index (χ3v) is 5.66. The van der Waals surface area contributed by atoms with Crippen LogP contribution in [-0.4, -0.2) is 29.8 Å². The molecule has 3 rings (SSSR count). The van der Waals surface area contributed by atoms with Crippen molar-refractivity contribution in [3.63, 3.8) is 0 Å². The average Bonchev–Trinajstić information content (AvgIpc) is 3.43. The lowest BCUT2D eigenvalue weighted by Gasteiger charge is -2.20. The third-order valence-electron chi connectivity index (χ3n) is 4.66. The molecule has 2 N–H and O–H groups in total. The Hall–Kier alpha value is -2.90. The Balaban J connectivity index is 1.59. The van der Waals surface area contributed by atoms with Crippen molar-refractivity contribution in [2.45, 2.75) is 26.9 Å². The van der Waals surface area contributed by atoms with Crippen molar-refractivity contribution in [3.05, 3.63) is 76.6 Å². The molecule has 2 aromatic heterocycles. The van der Waals surface area contributed by atoms with E-state index in [1.807, 2.05) is 18.2 Å². The molecule has 29 heavy (non-hydrogen) atoms. The van der Waals surface area contributed by atoms with Crippen LogP contribution >= 0.6 is 11.3 Å². The molecule has 2 heterocycles. The first-order valence-corrected chi connectivity index (χ1v) is 10.4. The fourth-order valence-electron chi connectivity index (χ4n) is 2.94. The summed E-state index contributed by atoms with van der Waals surface area (Å²) in [7, 11) is 0. The SMILES string of the molecule is CCN(CC)Cc1ccccc1CNC(=O)c1ccc(NC(=O)c2ccco2)s1. The Labute approximate surface area is 174 Å².